The molecule has 0 N–H and O–H groups in total. The van der Waals surface area contributed by atoms with Gasteiger partial charge in [0.05, 0.1) is 29.1 Å². The zero-order valence-electron chi connectivity index (χ0n) is 13.8. The minimum absolute atomic E-state index is 0.0813. The van der Waals surface area contributed by atoms with Crippen molar-refractivity contribution < 1.29 is 13.2 Å². The third kappa shape index (κ3) is 4.17. The molecule has 1 aromatic heterocycles. The van der Waals surface area contributed by atoms with Crippen molar-refractivity contribution in [3.63, 3.8) is 0 Å². The average Bonchev–Trinajstić information content (AvgIpc) is 2.55. The summed E-state index contributed by atoms with van der Waals surface area (Å²) in [5, 5.41) is 0. The summed E-state index contributed by atoms with van der Waals surface area (Å²) in [6, 6.07) is 7.06. The van der Waals surface area contributed by atoms with Crippen LogP contribution in [0.5, 0.6) is 0 Å². The minimum Gasteiger partial charge on any atom is -0.369 e. The van der Waals surface area contributed by atoms with Crippen LogP contribution in [0.2, 0.25) is 0 Å². The van der Waals surface area contributed by atoms with Crippen molar-refractivity contribution in [3.05, 3.63) is 53.6 Å². The number of hydrogen-bond acceptors (Lipinski definition) is 6. The number of nitrogens with zero attached hydrogens (tertiary/aromatic N) is 3. The molecule has 1 fully saturated rings. The van der Waals surface area contributed by atoms with E-state index in [0.717, 1.165) is 36.6 Å². The molecule has 128 valence electrons. The molecule has 1 aromatic carbocycles. The Kier molecular flexibility index (Phi) is 4.93. The summed E-state index contributed by atoms with van der Waals surface area (Å²) in [5.74, 6) is 0. The number of aromatic nitrogens is 2. The maximum atomic E-state index is 11.5. The number of ether oxygens (including phenoxy) is 1. The lowest BCUT2D eigenvalue weighted by atomic mass is 10.1. The van der Waals surface area contributed by atoms with Crippen LogP contribution in [-0.4, -0.2) is 49.2 Å². The summed E-state index contributed by atoms with van der Waals surface area (Å²) in [4.78, 5) is 11.3. The third-order valence-corrected chi connectivity index (χ3v) is 5.17. The normalized spacial score (nSPS) is 19.3. The van der Waals surface area contributed by atoms with E-state index in [1.54, 1.807) is 24.5 Å². The summed E-state index contributed by atoms with van der Waals surface area (Å²) in [6.45, 7) is 4.88. The smallest absolute Gasteiger partial charge is 0.175 e. The lowest BCUT2D eigenvalue weighted by Crippen LogP contribution is -2.38. The molecule has 2 aromatic rings. The topological polar surface area (TPSA) is 72.4 Å². The number of morpholine rings is 1. The maximum absolute atomic E-state index is 11.5. The van der Waals surface area contributed by atoms with Gasteiger partial charge < -0.3 is 4.74 Å². The van der Waals surface area contributed by atoms with E-state index >= 15 is 0 Å². The maximum Gasteiger partial charge on any atom is 0.175 e. The van der Waals surface area contributed by atoms with E-state index in [1.807, 2.05) is 19.1 Å². The zero-order valence-corrected chi connectivity index (χ0v) is 14.7. The molecule has 0 amide bonds. The van der Waals surface area contributed by atoms with Crippen molar-refractivity contribution in [2.75, 3.05) is 26.0 Å². The molecule has 6 nitrogen and oxygen atoms in total. The second-order valence-electron chi connectivity index (χ2n) is 6.09. The van der Waals surface area contributed by atoms with E-state index in [-0.39, 0.29) is 6.10 Å². The van der Waals surface area contributed by atoms with Crippen LogP contribution >= 0.6 is 0 Å². The third-order valence-electron chi connectivity index (χ3n) is 4.04. The van der Waals surface area contributed by atoms with Crippen molar-refractivity contribution in [3.8, 4) is 0 Å². The van der Waals surface area contributed by atoms with Crippen LogP contribution in [0.1, 0.15) is 23.1 Å². The van der Waals surface area contributed by atoms with Crippen LogP contribution in [0, 0.1) is 6.92 Å². The Morgan fingerprint density at radius 2 is 1.96 bits per heavy atom. The zero-order chi connectivity index (χ0) is 17.2. The van der Waals surface area contributed by atoms with Crippen molar-refractivity contribution in [1.29, 1.82) is 0 Å². The lowest BCUT2D eigenvalue weighted by Gasteiger charge is -2.32. The van der Waals surface area contributed by atoms with E-state index in [4.69, 9.17) is 4.74 Å². The van der Waals surface area contributed by atoms with Gasteiger partial charge in [-0.05, 0) is 24.6 Å². The molecular formula is C17H21N3O3S. The highest BCUT2D eigenvalue weighted by molar-refractivity contribution is 7.90. The number of sulfone groups is 1. The molecule has 0 spiro atoms. The van der Waals surface area contributed by atoms with Crippen molar-refractivity contribution in [1.82, 2.24) is 14.9 Å². The molecule has 1 aliphatic heterocycles. The van der Waals surface area contributed by atoms with Crippen LogP contribution < -0.4 is 0 Å². The van der Waals surface area contributed by atoms with Crippen molar-refractivity contribution >= 4 is 9.84 Å². The highest BCUT2D eigenvalue weighted by atomic mass is 32.2. The highest BCUT2D eigenvalue weighted by Crippen LogP contribution is 2.21. The Labute approximate surface area is 142 Å². The van der Waals surface area contributed by atoms with E-state index in [2.05, 4.69) is 14.9 Å². The van der Waals surface area contributed by atoms with E-state index in [0.29, 0.717) is 11.5 Å². The van der Waals surface area contributed by atoms with Gasteiger partial charge in [0, 0.05) is 32.1 Å². The first-order chi connectivity index (χ1) is 11.4. The molecular weight excluding hydrogens is 326 g/mol. The van der Waals surface area contributed by atoms with Gasteiger partial charge in [0.1, 0.15) is 6.10 Å². The fourth-order valence-electron chi connectivity index (χ4n) is 2.69. The monoisotopic (exact) mass is 347 g/mol. The summed E-state index contributed by atoms with van der Waals surface area (Å²) in [7, 11) is -3.15. The Bertz CT molecular complexity index is 789. The largest absolute Gasteiger partial charge is 0.369 e. The summed E-state index contributed by atoms with van der Waals surface area (Å²) >= 11 is 0. The van der Waals surface area contributed by atoms with Gasteiger partial charge in [-0.1, -0.05) is 12.1 Å². The van der Waals surface area contributed by atoms with E-state index < -0.39 is 9.84 Å². The molecule has 1 aliphatic rings. The highest BCUT2D eigenvalue weighted by Gasteiger charge is 2.23. The first-order valence-corrected chi connectivity index (χ1v) is 9.72. The van der Waals surface area contributed by atoms with Gasteiger partial charge in [-0.15, -0.1) is 0 Å². The number of benzene rings is 1. The van der Waals surface area contributed by atoms with Gasteiger partial charge in [-0.3, -0.25) is 14.9 Å². The van der Waals surface area contributed by atoms with Crippen LogP contribution in [0.15, 0.2) is 41.6 Å². The molecule has 0 radical (unpaired) electrons. The number of hydrogen-bond donors (Lipinski definition) is 0. The molecule has 0 saturated carbocycles. The predicted molar refractivity (Wildman–Crippen MR) is 90.3 cm³/mol. The van der Waals surface area contributed by atoms with Crippen molar-refractivity contribution in [2.24, 2.45) is 0 Å². The fourth-order valence-corrected chi connectivity index (χ4v) is 3.32. The van der Waals surface area contributed by atoms with Gasteiger partial charge in [-0.2, -0.15) is 0 Å². The Morgan fingerprint density at radius 3 is 2.58 bits per heavy atom. The van der Waals surface area contributed by atoms with Crippen molar-refractivity contribution in [2.45, 2.75) is 24.5 Å². The fraction of sp³-hybridized carbons (Fsp3) is 0.412. The molecule has 7 heteroatoms. The SMILES string of the molecule is Cc1cnc([C@H]2CN(Cc3ccc(S(C)(=O)=O)cc3)CCO2)cn1. The summed E-state index contributed by atoms with van der Waals surface area (Å²) in [6.07, 6.45) is 4.66. The van der Waals surface area contributed by atoms with Gasteiger partial charge in [0.15, 0.2) is 9.84 Å². The molecule has 0 unspecified atom stereocenters. The summed E-state index contributed by atoms with van der Waals surface area (Å²) < 4.78 is 28.8. The standard InChI is InChI=1S/C17H21N3O3S/c1-13-9-19-16(10-18-13)17-12-20(7-8-23-17)11-14-3-5-15(6-4-14)24(2,21)22/h3-6,9-10,17H,7-8,11-12H2,1-2H3/t17-/m1/s1. The first kappa shape index (κ1) is 17.0. The summed E-state index contributed by atoms with van der Waals surface area (Å²) in [5.41, 5.74) is 2.81. The lowest BCUT2D eigenvalue weighted by molar-refractivity contribution is -0.0351. The molecule has 0 aliphatic carbocycles. The molecule has 3 rings (SSSR count). The first-order valence-electron chi connectivity index (χ1n) is 7.83. The minimum atomic E-state index is -3.15. The Morgan fingerprint density at radius 1 is 1.21 bits per heavy atom. The molecule has 1 saturated heterocycles. The van der Waals surface area contributed by atoms with Gasteiger partial charge in [-0.25, -0.2) is 8.42 Å². The second kappa shape index (κ2) is 6.96. The van der Waals surface area contributed by atoms with Gasteiger partial charge in [0.25, 0.3) is 0 Å². The van der Waals surface area contributed by atoms with Crippen LogP contribution in [-0.2, 0) is 21.1 Å². The van der Waals surface area contributed by atoms with Crippen LogP contribution in [0.25, 0.3) is 0 Å². The Hall–Kier alpha value is -1.83. The van der Waals surface area contributed by atoms with E-state index in [9.17, 15) is 8.42 Å². The van der Waals surface area contributed by atoms with E-state index in [1.165, 1.54) is 6.26 Å². The van der Waals surface area contributed by atoms with Crippen LogP contribution in [0.3, 0.4) is 0 Å². The molecule has 0 bridgehead atoms. The van der Waals surface area contributed by atoms with Gasteiger partial charge in [0.2, 0.25) is 0 Å². The predicted octanol–water partition coefficient (Wildman–Crippen LogP) is 1.76. The molecule has 24 heavy (non-hydrogen) atoms. The Balaban J connectivity index is 1.66. The van der Waals surface area contributed by atoms with Crippen LogP contribution in [0.4, 0.5) is 0 Å². The molecule has 2 heterocycles. The number of rotatable bonds is 4. The van der Waals surface area contributed by atoms with Gasteiger partial charge >= 0.3 is 0 Å². The quantitative estimate of drug-likeness (QED) is 0.839. The second-order valence-corrected chi connectivity index (χ2v) is 8.11. The average molecular weight is 347 g/mol. The number of aryl methyl sites for hydroxylation is 1. The molecule has 1 atom stereocenters.